The summed E-state index contributed by atoms with van der Waals surface area (Å²) >= 11 is 0. The van der Waals surface area contributed by atoms with Gasteiger partial charge in [0.1, 0.15) is 17.4 Å². The van der Waals surface area contributed by atoms with Gasteiger partial charge in [0.25, 0.3) is 0 Å². The molecule has 0 radical (unpaired) electrons. The van der Waals surface area contributed by atoms with Crippen LogP contribution in [-0.2, 0) is 0 Å². The average Bonchev–Trinajstić information content (AvgIpc) is 2.82. The van der Waals surface area contributed by atoms with E-state index in [0.717, 1.165) is 31.7 Å². The number of aromatic nitrogens is 1. The van der Waals surface area contributed by atoms with E-state index >= 15 is 0 Å². The standard InChI is InChI=1S/C16H18F2N2O/c1-9-2-4-10(5-3-9)15-14(16(19)20-21-15)12-7-6-11(17)8-13(12)18/h6-10H,2-5H2,1H3,(H2,19,20). The molecule has 0 amide bonds. The van der Waals surface area contributed by atoms with Crippen LogP contribution in [0.1, 0.15) is 44.3 Å². The fourth-order valence-electron chi connectivity index (χ4n) is 3.08. The normalized spacial score (nSPS) is 22.4. The second-order valence-electron chi connectivity index (χ2n) is 5.89. The van der Waals surface area contributed by atoms with Crippen molar-refractivity contribution in [3.8, 4) is 11.1 Å². The number of nitrogen functional groups attached to an aromatic ring is 1. The zero-order valence-corrected chi connectivity index (χ0v) is 11.9. The van der Waals surface area contributed by atoms with Crippen molar-refractivity contribution in [3.05, 3.63) is 35.6 Å². The first-order valence-corrected chi connectivity index (χ1v) is 7.26. The molecule has 1 aliphatic rings. The summed E-state index contributed by atoms with van der Waals surface area (Å²) in [6, 6.07) is 3.47. The Kier molecular flexibility index (Phi) is 3.66. The molecule has 1 aromatic carbocycles. The minimum atomic E-state index is -0.643. The lowest BCUT2D eigenvalue weighted by molar-refractivity contribution is 0.289. The first-order chi connectivity index (χ1) is 10.1. The number of anilines is 1. The van der Waals surface area contributed by atoms with Crippen LogP contribution in [0.5, 0.6) is 0 Å². The minimum absolute atomic E-state index is 0.161. The van der Waals surface area contributed by atoms with Crippen LogP contribution in [0.4, 0.5) is 14.6 Å². The van der Waals surface area contributed by atoms with Crippen LogP contribution in [0.2, 0.25) is 0 Å². The van der Waals surface area contributed by atoms with Gasteiger partial charge in [0.2, 0.25) is 0 Å². The fourth-order valence-corrected chi connectivity index (χ4v) is 3.08. The SMILES string of the molecule is CC1CCC(c2onc(N)c2-c2ccc(F)cc2F)CC1. The van der Waals surface area contributed by atoms with Crippen LogP contribution >= 0.6 is 0 Å². The van der Waals surface area contributed by atoms with Gasteiger partial charge < -0.3 is 10.3 Å². The van der Waals surface area contributed by atoms with E-state index in [9.17, 15) is 8.78 Å². The molecule has 0 aliphatic heterocycles. The minimum Gasteiger partial charge on any atom is -0.380 e. The summed E-state index contributed by atoms with van der Waals surface area (Å²) < 4.78 is 32.5. The number of hydrogen-bond donors (Lipinski definition) is 1. The maximum absolute atomic E-state index is 14.0. The number of nitrogens with zero attached hydrogens (tertiary/aromatic N) is 1. The highest BCUT2D eigenvalue weighted by Crippen LogP contribution is 2.42. The van der Waals surface area contributed by atoms with Gasteiger partial charge >= 0.3 is 0 Å². The molecule has 112 valence electrons. The van der Waals surface area contributed by atoms with E-state index in [1.54, 1.807) is 0 Å². The van der Waals surface area contributed by atoms with Crippen molar-refractivity contribution in [2.75, 3.05) is 5.73 Å². The van der Waals surface area contributed by atoms with Gasteiger partial charge in [-0.25, -0.2) is 8.78 Å². The van der Waals surface area contributed by atoms with Crippen molar-refractivity contribution in [1.29, 1.82) is 0 Å². The first kappa shape index (κ1) is 14.0. The van der Waals surface area contributed by atoms with Crippen LogP contribution in [0.25, 0.3) is 11.1 Å². The largest absolute Gasteiger partial charge is 0.380 e. The van der Waals surface area contributed by atoms with Crippen LogP contribution in [0.15, 0.2) is 22.7 Å². The Morgan fingerprint density at radius 3 is 2.57 bits per heavy atom. The summed E-state index contributed by atoms with van der Waals surface area (Å²) in [7, 11) is 0. The molecule has 1 aromatic heterocycles. The topological polar surface area (TPSA) is 52.0 Å². The maximum Gasteiger partial charge on any atom is 0.175 e. The molecular formula is C16H18F2N2O. The van der Waals surface area contributed by atoms with Gasteiger partial charge in [-0.1, -0.05) is 24.9 Å². The Morgan fingerprint density at radius 2 is 1.90 bits per heavy atom. The molecule has 0 unspecified atom stereocenters. The third kappa shape index (κ3) is 2.64. The number of benzene rings is 1. The van der Waals surface area contributed by atoms with Crippen molar-refractivity contribution in [3.63, 3.8) is 0 Å². The second kappa shape index (κ2) is 5.47. The van der Waals surface area contributed by atoms with Gasteiger partial charge in [-0.3, -0.25) is 0 Å². The summed E-state index contributed by atoms with van der Waals surface area (Å²) in [6.07, 6.45) is 4.17. The highest BCUT2D eigenvalue weighted by molar-refractivity contribution is 5.76. The lowest BCUT2D eigenvalue weighted by atomic mass is 9.80. The molecule has 2 aromatic rings. The molecular weight excluding hydrogens is 274 g/mol. The average molecular weight is 292 g/mol. The van der Waals surface area contributed by atoms with Gasteiger partial charge in [-0.2, -0.15) is 0 Å². The van der Waals surface area contributed by atoms with Gasteiger partial charge in [0.05, 0.1) is 5.56 Å². The van der Waals surface area contributed by atoms with E-state index < -0.39 is 11.6 Å². The van der Waals surface area contributed by atoms with E-state index in [1.165, 1.54) is 12.1 Å². The summed E-state index contributed by atoms with van der Waals surface area (Å²) in [5.41, 5.74) is 6.58. The zero-order chi connectivity index (χ0) is 15.0. The molecule has 3 nitrogen and oxygen atoms in total. The summed E-state index contributed by atoms with van der Waals surface area (Å²) in [6.45, 7) is 2.23. The Bertz CT molecular complexity index is 646. The molecule has 1 aliphatic carbocycles. The van der Waals surface area contributed by atoms with Crippen molar-refractivity contribution in [2.45, 2.75) is 38.5 Å². The molecule has 0 saturated heterocycles. The van der Waals surface area contributed by atoms with Gasteiger partial charge in [0.15, 0.2) is 5.82 Å². The number of hydrogen-bond acceptors (Lipinski definition) is 3. The predicted octanol–water partition coefficient (Wildman–Crippen LogP) is 4.50. The molecule has 21 heavy (non-hydrogen) atoms. The van der Waals surface area contributed by atoms with E-state index in [2.05, 4.69) is 12.1 Å². The zero-order valence-electron chi connectivity index (χ0n) is 11.9. The van der Waals surface area contributed by atoms with Crippen molar-refractivity contribution in [2.24, 2.45) is 5.92 Å². The van der Waals surface area contributed by atoms with E-state index in [1.807, 2.05) is 0 Å². The van der Waals surface area contributed by atoms with Crippen LogP contribution < -0.4 is 5.73 Å². The highest BCUT2D eigenvalue weighted by atomic mass is 19.1. The lowest BCUT2D eigenvalue weighted by Gasteiger charge is -2.24. The molecule has 3 rings (SSSR count). The highest BCUT2D eigenvalue weighted by Gasteiger charge is 2.28. The van der Waals surface area contributed by atoms with E-state index in [-0.39, 0.29) is 17.3 Å². The molecule has 0 spiro atoms. The summed E-state index contributed by atoms with van der Waals surface area (Å²) in [4.78, 5) is 0. The van der Waals surface area contributed by atoms with Crippen LogP contribution in [-0.4, -0.2) is 5.16 Å². The first-order valence-electron chi connectivity index (χ1n) is 7.26. The van der Waals surface area contributed by atoms with Gasteiger partial charge in [0, 0.05) is 17.5 Å². The summed E-state index contributed by atoms with van der Waals surface area (Å²) in [5, 5.41) is 3.79. The van der Waals surface area contributed by atoms with Gasteiger partial charge in [-0.15, -0.1) is 0 Å². The van der Waals surface area contributed by atoms with E-state index in [0.29, 0.717) is 17.2 Å². The molecule has 0 bridgehead atoms. The third-order valence-corrected chi connectivity index (χ3v) is 4.33. The fraction of sp³-hybridized carbons (Fsp3) is 0.438. The monoisotopic (exact) mass is 292 g/mol. The summed E-state index contributed by atoms with van der Waals surface area (Å²) in [5.74, 6) is 0.437. The Morgan fingerprint density at radius 1 is 1.19 bits per heavy atom. The predicted molar refractivity (Wildman–Crippen MR) is 76.6 cm³/mol. The van der Waals surface area contributed by atoms with Gasteiger partial charge in [-0.05, 0) is 30.9 Å². The van der Waals surface area contributed by atoms with Crippen LogP contribution in [0.3, 0.4) is 0 Å². The molecule has 1 heterocycles. The number of halogens is 2. The third-order valence-electron chi connectivity index (χ3n) is 4.33. The Balaban J connectivity index is 2.01. The Labute approximate surface area is 122 Å². The molecule has 1 saturated carbocycles. The maximum atomic E-state index is 14.0. The molecule has 5 heteroatoms. The molecule has 0 atom stereocenters. The quantitative estimate of drug-likeness (QED) is 0.887. The Hall–Kier alpha value is -1.91. The van der Waals surface area contributed by atoms with Crippen molar-refractivity contribution in [1.82, 2.24) is 5.16 Å². The number of rotatable bonds is 2. The molecule has 2 N–H and O–H groups in total. The molecule has 1 fully saturated rings. The lowest BCUT2D eigenvalue weighted by Crippen LogP contribution is -2.11. The smallest absolute Gasteiger partial charge is 0.175 e. The van der Waals surface area contributed by atoms with Crippen molar-refractivity contribution >= 4 is 5.82 Å². The second-order valence-corrected chi connectivity index (χ2v) is 5.89. The van der Waals surface area contributed by atoms with E-state index in [4.69, 9.17) is 10.3 Å². The van der Waals surface area contributed by atoms with Crippen molar-refractivity contribution < 1.29 is 13.3 Å². The number of nitrogens with two attached hydrogens (primary N) is 1. The van der Waals surface area contributed by atoms with Crippen LogP contribution in [0, 0.1) is 17.6 Å².